The molecule has 1 N–H and O–H groups in total. The van der Waals surface area contributed by atoms with Gasteiger partial charge in [-0.15, -0.1) is 10.2 Å². The molecule has 5 heterocycles. The van der Waals surface area contributed by atoms with Crippen molar-refractivity contribution in [3.63, 3.8) is 0 Å². The molecule has 4 aromatic heterocycles. The third kappa shape index (κ3) is 3.88. The van der Waals surface area contributed by atoms with Gasteiger partial charge >= 0.3 is 0 Å². The van der Waals surface area contributed by atoms with E-state index in [-0.39, 0.29) is 23.9 Å². The van der Waals surface area contributed by atoms with E-state index in [4.69, 9.17) is 9.40 Å². The van der Waals surface area contributed by atoms with Crippen LogP contribution in [0.25, 0.3) is 22.6 Å². The highest BCUT2D eigenvalue weighted by Gasteiger charge is 2.44. The first-order valence-electron chi connectivity index (χ1n) is 11.9. The summed E-state index contributed by atoms with van der Waals surface area (Å²) in [5.41, 5.74) is 2.21. The number of fused-ring (bicyclic) bond motifs is 1. The summed E-state index contributed by atoms with van der Waals surface area (Å²) in [5.74, 6) is 3.29. The number of likely N-dealkylation sites (tertiary alicyclic amines) is 1. The van der Waals surface area contributed by atoms with Gasteiger partial charge in [0, 0.05) is 44.4 Å². The maximum Gasteiger partial charge on any atom is 0.239 e. The van der Waals surface area contributed by atoms with Gasteiger partial charge in [-0.2, -0.15) is 0 Å². The molecular formula is C23H26N10O2. The summed E-state index contributed by atoms with van der Waals surface area (Å²) in [5, 5.41) is 11.7. The molecule has 6 rings (SSSR count). The Bertz CT molecular complexity index is 1390. The average Bonchev–Trinajstić information content (AvgIpc) is 3.30. The van der Waals surface area contributed by atoms with Crippen molar-refractivity contribution in [1.29, 1.82) is 0 Å². The highest BCUT2D eigenvalue weighted by Crippen LogP contribution is 2.39. The van der Waals surface area contributed by atoms with E-state index < -0.39 is 0 Å². The number of anilines is 1. The van der Waals surface area contributed by atoms with Crippen LogP contribution in [0.2, 0.25) is 0 Å². The van der Waals surface area contributed by atoms with Crippen LogP contribution in [0.4, 0.5) is 5.82 Å². The Kier molecular flexibility index (Phi) is 5.15. The Morgan fingerprint density at radius 3 is 2.63 bits per heavy atom. The number of amides is 1. The summed E-state index contributed by atoms with van der Waals surface area (Å²) in [7, 11) is 0. The van der Waals surface area contributed by atoms with Gasteiger partial charge in [0.25, 0.3) is 0 Å². The van der Waals surface area contributed by atoms with Gasteiger partial charge in [0.15, 0.2) is 17.0 Å². The zero-order chi connectivity index (χ0) is 24.1. The van der Waals surface area contributed by atoms with E-state index in [1.54, 1.807) is 19.3 Å². The summed E-state index contributed by atoms with van der Waals surface area (Å²) >= 11 is 0. The number of rotatable bonds is 6. The predicted octanol–water partition coefficient (Wildman–Crippen LogP) is 2.47. The minimum Gasteiger partial charge on any atom is -0.423 e. The van der Waals surface area contributed by atoms with Gasteiger partial charge in [-0.25, -0.2) is 24.9 Å². The Morgan fingerprint density at radius 2 is 1.94 bits per heavy atom. The van der Waals surface area contributed by atoms with E-state index in [9.17, 15) is 4.79 Å². The van der Waals surface area contributed by atoms with Crippen LogP contribution in [0.5, 0.6) is 0 Å². The summed E-state index contributed by atoms with van der Waals surface area (Å²) in [6.07, 6.45) is 7.59. The lowest BCUT2D eigenvalue weighted by molar-refractivity contribution is -0.133. The monoisotopic (exact) mass is 474 g/mol. The molecule has 0 radical (unpaired) electrons. The minimum absolute atomic E-state index is 0.0501. The molecule has 1 unspecified atom stereocenters. The van der Waals surface area contributed by atoms with Crippen LogP contribution in [0.3, 0.4) is 0 Å². The minimum atomic E-state index is -0.257. The summed E-state index contributed by atoms with van der Waals surface area (Å²) < 4.78 is 7.74. The third-order valence-corrected chi connectivity index (χ3v) is 6.57. The molecule has 35 heavy (non-hydrogen) atoms. The Morgan fingerprint density at radius 1 is 1.14 bits per heavy atom. The lowest BCUT2D eigenvalue weighted by Crippen LogP contribution is -2.34. The van der Waals surface area contributed by atoms with Crippen LogP contribution in [0.15, 0.2) is 23.1 Å². The lowest BCUT2D eigenvalue weighted by Gasteiger charge is -2.21. The molecule has 2 aliphatic rings. The second-order valence-corrected chi connectivity index (χ2v) is 9.11. The quantitative estimate of drug-likeness (QED) is 0.443. The van der Waals surface area contributed by atoms with Crippen LogP contribution >= 0.6 is 0 Å². The van der Waals surface area contributed by atoms with Crippen molar-refractivity contribution < 1.29 is 9.21 Å². The molecule has 1 saturated carbocycles. The Balaban J connectivity index is 1.32. The number of aryl methyl sites for hydroxylation is 3. The molecule has 2 fully saturated rings. The van der Waals surface area contributed by atoms with Gasteiger partial charge in [0.1, 0.15) is 24.0 Å². The van der Waals surface area contributed by atoms with Crippen molar-refractivity contribution in [2.75, 3.05) is 11.9 Å². The largest absolute Gasteiger partial charge is 0.423 e. The van der Waals surface area contributed by atoms with Gasteiger partial charge in [0.05, 0.1) is 5.56 Å². The molecule has 0 bridgehead atoms. The smallest absolute Gasteiger partial charge is 0.239 e. The fraction of sp³-hybridized carbons (Fsp3) is 0.478. The van der Waals surface area contributed by atoms with E-state index in [2.05, 4.69) is 35.5 Å². The number of nitrogens with zero attached hydrogens (tertiary/aromatic N) is 9. The normalized spacial score (nSPS) is 20.0. The van der Waals surface area contributed by atoms with Crippen molar-refractivity contribution in [3.8, 4) is 11.4 Å². The summed E-state index contributed by atoms with van der Waals surface area (Å²) in [6.45, 7) is 6.86. The zero-order valence-corrected chi connectivity index (χ0v) is 19.8. The lowest BCUT2D eigenvalue weighted by atomic mass is 10.1. The van der Waals surface area contributed by atoms with E-state index >= 15 is 0 Å². The SMILES string of the molecule is CCn1c(-c2cnc(C)nc2)nc2c(NC3C[C@H](c4nnc(C)o4)N(C(=O)C4CC4)C3)ncnc21. The maximum absolute atomic E-state index is 13.0. The number of hydrogen-bond acceptors (Lipinski definition) is 10. The molecule has 12 nitrogen and oxygen atoms in total. The highest BCUT2D eigenvalue weighted by molar-refractivity contribution is 5.86. The fourth-order valence-electron chi connectivity index (χ4n) is 4.69. The molecule has 0 spiro atoms. The van der Waals surface area contributed by atoms with Crippen molar-refractivity contribution in [2.45, 2.75) is 58.7 Å². The molecule has 4 aromatic rings. The number of carbonyl (C=O) groups is 1. The molecule has 1 saturated heterocycles. The first kappa shape index (κ1) is 21.6. The Labute approximate surface area is 201 Å². The van der Waals surface area contributed by atoms with Gasteiger partial charge < -0.3 is 19.2 Å². The van der Waals surface area contributed by atoms with Crippen molar-refractivity contribution >= 4 is 22.9 Å². The first-order valence-corrected chi connectivity index (χ1v) is 11.9. The average molecular weight is 475 g/mol. The molecular weight excluding hydrogens is 448 g/mol. The summed E-state index contributed by atoms with van der Waals surface area (Å²) in [6, 6.07) is -0.307. The maximum atomic E-state index is 13.0. The third-order valence-electron chi connectivity index (χ3n) is 6.57. The summed E-state index contributed by atoms with van der Waals surface area (Å²) in [4.78, 5) is 37.4. The predicted molar refractivity (Wildman–Crippen MR) is 125 cm³/mol. The van der Waals surface area contributed by atoms with Crippen LogP contribution in [-0.2, 0) is 11.3 Å². The molecule has 2 atom stereocenters. The number of carbonyl (C=O) groups excluding carboxylic acids is 1. The fourth-order valence-corrected chi connectivity index (χ4v) is 4.69. The second kappa shape index (κ2) is 8.36. The topological polar surface area (TPSA) is 141 Å². The number of hydrogen-bond donors (Lipinski definition) is 1. The van der Waals surface area contributed by atoms with E-state index in [1.165, 1.54) is 6.33 Å². The standard InChI is InChI=1S/C23H26N10O2/c1-4-32-20(15-8-24-12(2)25-9-15)29-18-19(26-11-27-21(18)32)28-16-7-17(22-31-30-13(3)35-22)33(10-16)23(34)14-5-6-14/h8-9,11,14,16-17H,4-7,10H2,1-3H3,(H,26,27,28)/t16?,17-/m1/s1. The zero-order valence-electron chi connectivity index (χ0n) is 19.8. The van der Waals surface area contributed by atoms with E-state index in [0.29, 0.717) is 48.5 Å². The molecule has 180 valence electrons. The van der Waals surface area contributed by atoms with Crippen LogP contribution in [0, 0.1) is 19.8 Å². The van der Waals surface area contributed by atoms with Crippen molar-refractivity contribution in [2.24, 2.45) is 5.92 Å². The van der Waals surface area contributed by atoms with Crippen molar-refractivity contribution in [1.82, 2.24) is 44.6 Å². The van der Waals surface area contributed by atoms with Gasteiger partial charge in [-0.05, 0) is 33.1 Å². The molecule has 1 aliphatic carbocycles. The van der Waals surface area contributed by atoms with Crippen LogP contribution in [0.1, 0.15) is 49.8 Å². The first-order chi connectivity index (χ1) is 17.0. The van der Waals surface area contributed by atoms with E-state index in [0.717, 1.165) is 29.9 Å². The molecule has 1 aliphatic heterocycles. The van der Waals surface area contributed by atoms with E-state index in [1.807, 2.05) is 23.3 Å². The number of nitrogens with one attached hydrogen (secondary N) is 1. The van der Waals surface area contributed by atoms with Gasteiger partial charge in [0.2, 0.25) is 17.7 Å². The molecule has 1 amide bonds. The highest BCUT2D eigenvalue weighted by atomic mass is 16.4. The van der Waals surface area contributed by atoms with Crippen molar-refractivity contribution in [3.05, 3.63) is 36.3 Å². The molecule has 12 heteroatoms. The second-order valence-electron chi connectivity index (χ2n) is 9.11. The Hall–Kier alpha value is -3.96. The van der Waals surface area contributed by atoms with Crippen LogP contribution in [-0.4, -0.2) is 63.1 Å². The van der Waals surface area contributed by atoms with Gasteiger partial charge in [-0.3, -0.25) is 4.79 Å². The number of aromatic nitrogens is 8. The van der Waals surface area contributed by atoms with Gasteiger partial charge in [-0.1, -0.05) is 0 Å². The number of imidazole rings is 1. The van der Waals surface area contributed by atoms with Crippen LogP contribution < -0.4 is 5.32 Å². The molecule has 0 aromatic carbocycles.